The first kappa shape index (κ1) is 51.8. The number of nitrogens with one attached hydrogen (secondary N) is 1. The van der Waals surface area contributed by atoms with Crippen molar-refractivity contribution < 1.29 is 14.2 Å². The van der Waals surface area contributed by atoms with Gasteiger partial charge in [-0.1, -0.05) is 152 Å². The van der Waals surface area contributed by atoms with Gasteiger partial charge in [-0.15, -0.1) is 0 Å². The number of hydrogen-bond donors (Lipinski definition) is 2. The van der Waals surface area contributed by atoms with E-state index in [0.29, 0.717) is 0 Å². The smallest absolute Gasteiger partial charge is 0.169 e. The van der Waals surface area contributed by atoms with E-state index in [9.17, 15) is 0 Å². The maximum atomic E-state index is 7.00. The lowest BCUT2D eigenvalue weighted by molar-refractivity contribution is -0.187. The van der Waals surface area contributed by atoms with Crippen LogP contribution in [0.2, 0.25) is 0 Å². The van der Waals surface area contributed by atoms with E-state index < -0.39 is 5.79 Å². The average molecular weight is 771 g/mol. The first-order valence-corrected chi connectivity index (χ1v) is 24.1. The summed E-state index contributed by atoms with van der Waals surface area (Å²) < 4.78 is 20.1. The van der Waals surface area contributed by atoms with E-state index in [-0.39, 0.29) is 12.2 Å². The SMILES string of the molecule is CCCCC/C=C\C/C=C\CCCCCCCCC1(CCCCCCCC/C=C\C/C=C\CCCCC)OC(CCNC)C(CCOCCCCCCN)O1. The number of allylic oxidation sites excluding steroid dienone is 8. The standard InChI is InChI=1S/C50H94N2O3/c1-4-6-8-10-12-14-16-18-20-22-24-26-28-30-32-36-42-50(43-37-33-31-29-27-25-23-21-19-17-15-13-11-9-7-5-2)54-48(40-45-52-3)49(55-50)41-47-53-46-39-35-34-38-44-51/h12-15,18-21,48-49,52H,4-11,16-17,22-47,51H2,1-3H3/b14-12-,15-13-,20-18-,21-19-. The molecule has 1 fully saturated rings. The van der Waals surface area contributed by atoms with Gasteiger partial charge in [0.25, 0.3) is 0 Å². The van der Waals surface area contributed by atoms with Crippen molar-refractivity contribution in [2.75, 3.05) is 33.4 Å². The Morgan fingerprint density at radius 1 is 0.491 bits per heavy atom. The number of rotatable bonds is 42. The second kappa shape index (κ2) is 40.9. The highest BCUT2D eigenvalue weighted by Crippen LogP contribution is 2.40. The summed E-state index contributed by atoms with van der Waals surface area (Å²) in [5.41, 5.74) is 5.65. The van der Waals surface area contributed by atoms with Crippen LogP contribution in [0, 0.1) is 0 Å². The van der Waals surface area contributed by atoms with Crippen LogP contribution in [0.3, 0.4) is 0 Å². The molecule has 5 nitrogen and oxygen atoms in total. The van der Waals surface area contributed by atoms with Crippen LogP contribution in [-0.2, 0) is 14.2 Å². The fourth-order valence-corrected chi connectivity index (χ4v) is 7.64. The van der Waals surface area contributed by atoms with E-state index >= 15 is 0 Å². The Morgan fingerprint density at radius 3 is 1.38 bits per heavy atom. The van der Waals surface area contributed by atoms with Gasteiger partial charge in [0, 0.05) is 26.1 Å². The maximum absolute atomic E-state index is 7.00. The van der Waals surface area contributed by atoms with Gasteiger partial charge >= 0.3 is 0 Å². The Morgan fingerprint density at radius 2 is 0.909 bits per heavy atom. The molecule has 1 aliphatic heterocycles. The van der Waals surface area contributed by atoms with Crippen LogP contribution in [-0.4, -0.2) is 51.3 Å². The number of ether oxygens (including phenoxy) is 3. The van der Waals surface area contributed by atoms with Gasteiger partial charge in [-0.05, 0) is 123 Å². The first-order chi connectivity index (χ1) is 27.2. The summed E-state index contributed by atoms with van der Waals surface area (Å²) in [4.78, 5) is 0. The predicted octanol–water partition coefficient (Wildman–Crippen LogP) is 14.4. The monoisotopic (exact) mass is 771 g/mol. The van der Waals surface area contributed by atoms with Gasteiger partial charge in [0.05, 0.1) is 12.2 Å². The van der Waals surface area contributed by atoms with Crippen molar-refractivity contribution in [1.29, 1.82) is 0 Å². The molecule has 0 aromatic rings. The van der Waals surface area contributed by atoms with E-state index in [2.05, 4.69) is 67.8 Å². The molecule has 1 saturated heterocycles. The zero-order valence-electron chi connectivity index (χ0n) is 37.0. The Balaban J connectivity index is 2.46. The van der Waals surface area contributed by atoms with Crippen molar-refractivity contribution in [2.45, 2.75) is 237 Å². The zero-order chi connectivity index (χ0) is 39.6. The van der Waals surface area contributed by atoms with Gasteiger partial charge in [-0.2, -0.15) is 0 Å². The molecule has 0 spiro atoms. The molecule has 0 aromatic heterocycles. The van der Waals surface area contributed by atoms with Crippen molar-refractivity contribution in [3.8, 4) is 0 Å². The third kappa shape index (κ3) is 32.4. The van der Waals surface area contributed by atoms with E-state index in [4.69, 9.17) is 19.9 Å². The molecule has 2 unspecified atom stereocenters. The van der Waals surface area contributed by atoms with Crippen molar-refractivity contribution in [3.63, 3.8) is 0 Å². The van der Waals surface area contributed by atoms with E-state index in [1.165, 1.54) is 154 Å². The normalized spacial score (nSPS) is 17.4. The van der Waals surface area contributed by atoms with Gasteiger partial charge in [0.2, 0.25) is 0 Å². The van der Waals surface area contributed by atoms with Crippen LogP contribution in [0.25, 0.3) is 0 Å². The second-order valence-electron chi connectivity index (χ2n) is 16.4. The fraction of sp³-hybridized carbons (Fsp3) is 0.840. The largest absolute Gasteiger partial charge is 0.381 e. The van der Waals surface area contributed by atoms with Crippen LogP contribution in [0.1, 0.15) is 219 Å². The minimum Gasteiger partial charge on any atom is -0.381 e. The van der Waals surface area contributed by atoms with Crippen LogP contribution in [0.15, 0.2) is 48.6 Å². The number of hydrogen-bond acceptors (Lipinski definition) is 5. The molecule has 0 saturated carbocycles. The van der Waals surface area contributed by atoms with Crippen LogP contribution in [0.5, 0.6) is 0 Å². The van der Waals surface area contributed by atoms with Crippen molar-refractivity contribution in [1.82, 2.24) is 5.32 Å². The third-order valence-electron chi connectivity index (χ3n) is 11.1. The second-order valence-corrected chi connectivity index (χ2v) is 16.4. The lowest BCUT2D eigenvalue weighted by atomic mass is 9.98. The van der Waals surface area contributed by atoms with Crippen molar-refractivity contribution in [2.24, 2.45) is 5.73 Å². The lowest BCUT2D eigenvalue weighted by Crippen LogP contribution is -2.31. The summed E-state index contributed by atoms with van der Waals surface area (Å²) >= 11 is 0. The average Bonchev–Trinajstić information content (AvgIpc) is 3.54. The highest BCUT2D eigenvalue weighted by atomic mass is 16.8. The fourth-order valence-electron chi connectivity index (χ4n) is 7.64. The first-order valence-electron chi connectivity index (χ1n) is 24.1. The highest BCUT2D eigenvalue weighted by Gasteiger charge is 2.46. The van der Waals surface area contributed by atoms with Gasteiger partial charge in [-0.25, -0.2) is 0 Å². The number of unbranched alkanes of at least 4 members (excludes halogenated alkanes) is 21. The van der Waals surface area contributed by atoms with Crippen LogP contribution in [0.4, 0.5) is 0 Å². The van der Waals surface area contributed by atoms with Gasteiger partial charge in [-0.3, -0.25) is 0 Å². The van der Waals surface area contributed by atoms with Gasteiger partial charge in [0.15, 0.2) is 5.79 Å². The molecule has 55 heavy (non-hydrogen) atoms. The van der Waals surface area contributed by atoms with Gasteiger partial charge < -0.3 is 25.3 Å². The molecule has 0 aromatic carbocycles. The van der Waals surface area contributed by atoms with E-state index in [1.807, 2.05) is 7.05 Å². The Labute approximate surface area is 343 Å². The molecule has 5 heteroatoms. The summed E-state index contributed by atoms with van der Waals surface area (Å²) in [6, 6.07) is 0. The molecule has 1 aliphatic rings. The Hall–Kier alpha value is -1.24. The predicted molar refractivity (Wildman–Crippen MR) is 242 cm³/mol. The molecule has 1 rings (SSSR count). The van der Waals surface area contributed by atoms with Crippen molar-refractivity contribution >= 4 is 0 Å². The molecule has 322 valence electrons. The molecule has 1 heterocycles. The third-order valence-corrected chi connectivity index (χ3v) is 11.1. The molecule has 3 N–H and O–H groups in total. The highest BCUT2D eigenvalue weighted by molar-refractivity contribution is 4.94. The molecule has 0 aliphatic carbocycles. The minimum absolute atomic E-state index is 0.125. The van der Waals surface area contributed by atoms with E-state index in [1.54, 1.807) is 0 Å². The summed E-state index contributed by atoms with van der Waals surface area (Å²) in [6.45, 7) is 7.88. The minimum atomic E-state index is -0.421. The number of nitrogens with two attached hydrogens (primary N) is 1. The Bertz CT molecular complexity index is 851. The van der Waals surface area contributed by atoms with Crippen molar-refractivity contribution in [3.05, 3.63) is 48.6 Å². The topological polar surface area (TPSA) is 65.7 Å². The lowest BCUT2D eigenvalue weighted by Gasteiger charge is -2.29. The molecular weight excluding hydrogens is 677 g/mol. The summed E-state index contributed by atoms with van der Waals surface area (Å²) in [6.07, 6.45) is 58.3. The van der Waals surface area contributed by atoms with Crippen LogP contribution < -0.4 is 11.1 Å². The summed E-state index contributed by atoms with van der Waals surface area (Å²) in [5, 5.41) is 3.36. The molecule has 0 radical (unpaired) electrons. The summed E-state index contributed by atoms with van der Waals surface area (Å²) in [5.74, 6) is -0.421. The quantitative estimate of drug-likeness (QED) is 0.0478. The molecular formula is C50H94N2O3. The Kier molecular flexibility index (Phi) is 38.5. The van der Waals surface area contributed by atoms with Gasteiger partial charge in [0.1, 0.15) is 0 Å². The summed E-state index contributed by atoms with van der Waals surface area (Å²) in [7, 11) is 2.04. The van der Waals surface area contributed by atoms with E-state index in [0.717, 1.165) is 77.7 Å². The van der Waals surface area contributed by atoms with Crippen LogP contribution >= 0.6 is 0 Å². The molecule has 2 atom stereocenters. The molecule has 0 amide bonds. The maximum Gasteiger partial charge on any atom is 0.169 e. The molecule has 0 bridgehead atoms. The zero-order valence-corrected chi connectivity index (χ0v) is 37.0.